The fraction of sp³-hybridized carbons (Fsp3) is 0.667. The molecule has 1 N–H and O–H groups in total. The Bertz CT molecular complexity index is 132. The van der Waals surface area contributed by atoms with Crippen molar-refractivity contribution in [3.63, 3.8) is 0 Å². The van der Waals surface area contributed by atoms with Crippen molar-refractivity contribution in [3.8, 4) is 0 Å². The summed E-state index contributed by atoms with van der Waals surface area (Å²) < 4.78 is 4.80. The quantitative estimate of drug-likeness (QED) is 0.350. The number of aliphatic hydroxyl groups excluding tert-OH is 1. The number of hydrogen-bond acceptors (Lipinski definition) is 2. The normalized spacial score (nSPS) is 11.6. The van der Waals surface area contributed by atoms with E-state index in [1.807, 2.05) is 6.08 Å². The summed E-state index contributed by atoms with van der Waals surface area (Å²) in [6, 6.07) is 0. The highest BCUT2D eigenvalue weighted by Gasteiger charge is 1.87. The van der Waals surface area contributed by atoms with Gasteiger partial charge in [0.2, 0.25) is 0 Å². The Hall–Kier alpha value is -0.760. The van der Waals surface area contributed by atoms with Crippen molar-refractivity contribution in [1.29, 1.82) is 0 Å². The molecule has 82 valence electrons. The van der Waals surface area contributed by atoms with Crippen LogP contribution in [-0.2, 0) is 4.74 Å². The van der Waals surface area contributed by atoms with E-state index >= 15 is 0 Å². The Morgan fingerprint density at radius 2 is 1.57 bits per heavy atom. The molecule has 0 aromatic heterocycles. The molecule has 0 aromatic carbocycles. The second kappa shape index (κ2) is 12.2. The molecule has 0 rings (SSSR count). The lowest BCUT2D eigenvalue weighted by Gasteiger charge is -1.96. The lowest BCUT2D eigenvalue weighted by molar-refractivity contribution is 0.336. The molecule has 0 aromatic rings. The Balaban J connectivity index is 2.99. The molecule has 0 aliphatic heterocycles. The average molecular weight is 198 g/mol. The molecule has 0 saturated carbocycles. The zero-order chi connectivity index (χ0) is 10.5. The number of methoxy groups -OCH3 is 1. The Morgan fingerprint density at radius 1 is 0.929 bits per heavy atom. The summed E-state index contributed by atoms with van der Waals surface area (Å²) in [4.78, 5) is 0. The monoisotopic (exact) mass is 198 g/mol. The van der Waals surface area contributed by atoms with Gasteiger partial charge in [-0.3, -0.25) is 0 Å². The molecule has 0 saturated heterocycles. The van der Waals surface area contributed by atoms with E-state index in [0.717, 1.165) is 12.8 Å². The molecule has 2 heteroatoms. The fourth-order valence-electron chi connectivity index (χ4n) is 1.23. The van der Waals surface area contributed by atoms with Gasteiger partial charge in [0.15, 0.2) is 0 Å². The van der Waals surface area contributed by atoms with Crippen LogP contribution < -0.4 is 0 Å². The van der Waals surface area contributed by atoms with Crippen LogP contribution in [0.4, 0.5) is 0 Å². The van der Waals surface area contributed by atoms with Crippen molar-refractivity contribution < 1.29 is 9.84 Å². The van der Waals surface area contributed by atoms with Crippen LogP contribution in [0.15, 0.2) is 24.5 Å². The number of unbranched alkanes of at least 4 members (excludes halogenated alkanes) is 5. The van der Waals surface area contributed by atoms with Crippen LogP contribution >= 0.6 is 0 Å². The minimum Gasteiger partial charge on any atom is -0.505 e. The molecule has 0 fully saturated rings. The predicted molar refractivity (Wildman–Crippen MR) is 60.1 cm³/mol. The highest BCUT2D eigenvalue weighted by molar-refractivity contribution is 4.80. The average Bonchev–Trinajstić information content (AvgIpc) is 2.21. The van der Waals surface area contributed by atoms with Crippen LogP contribution in [0.25, 0.3) is 0 Å². The molecule has 0 bridgehead atoms. The topological polar surface area (TPSA) is 29.5 Å². The van der Waals surface area contributed by atoms with Gasteiger partial charge < -0.3 is 9.84 Å². The third-order valence-corrected chi connectivity index (χ3v) is 2.00. The van der Waals surface area contributed by atoms with Crippen LogP contribution in [0.2, 0.25) is 0 Å². The van der Waals surface area contributed by atoms with E-state index in [9.17, 15) is 0 Å². The summed E-state index contributed by atoms with van der Waals surface area (Å²) in [5, 5.41) is 8.48. The number of hydrogen-bond donors (Lipinski definition) is 1. The third kappa shape index (κ3) is 11.2. The van der Waals surface area contributed by atoms with E-state index in [-0.39, 0.29) is 6.61 Å². The lowest BCUT2D eigenvalue weighted by Crippen LogP contribution is -1.78. The number of allylic oxidation sites excluding steroid dienone is 2. The molecule has 0 aliphatic rings. The van der Waals surface area contributed by atoms with Gasteiger partial charge >= 0.3 is 0 Å². The van der Waals surface area contributed by atoms with Crippen molar-refractivity contribution in [1.82, 2.24) is 0 Å². The summed E-state index contributed by atoms with van der Waals surface area (Å²) in [5.41, 5.74) is 0. The van der Waals surface area contributed by atoms with Crippen LogP contribution in [0.5, 0.6) is 0 Å². The van der Waals surface area contributed by atoms with Crippen LogP contribution in [0.3, 0.4) is 0 Å². The minimum atomic E-state index is 0.168. The van der Waals surface area contributed by atoms with Gasteiger partial charge in [0.1, 0.15) is 0 Å². The smallest absolute Gasteiger partial charge is 0.0784 e. The van der Waals surface area contributed by atoms with Crippen LogP contribution in [-0.4, -0.2) is 18.8 Å². The van der Waals surface area contributed by atoms with Gasteiger partial charge in [0, 0.05) is 0 Å². The Morgan fingerprint density at radius 3 is 2.14 bits per heavy atom. The zero-order valence-electron chi connectivity index (χ0n) is 9.11. The maximum absolute atomic E-state index is 8.48. The van der Waals surface area contributed by atoms with E-state index in [1.165, 1.54) is 25.7 Å². The number of aliphatic hydroxyl groups is 1. The van der Waals surface area contributed by atoms with Crippen molar-refractivity contribution in [2.24, 2.45) is 0 Å². The first kappa shape index (κ1) is 13.2. The molecular formula is C12H22O2. The molecule has 0 unspecified atom stereocenters. The fourth-order valence-corrected chi connectivity index (χ4v) is 1.23. The van der Waals surface area contributed by atoms with Gasteiger partial charge in [0.25, 0.3) is 0 Å². The van der Waals surface area contributed by atoms with Gasteiger partial charge in [-0.05, 0) is 31.8 Å². The summed E-state index contributed by atoms with van der Waals surface area (Å²) in [6.45, 7) is 0.168. The molecular weight excluding hydrogens is 176 g/mol. The first-order chi connectivity index (χ1) is 6.91. The molecule has 0 radical (unpaired) electrons. The SMILES string of the molecule is CO/C=C/CCCCCC/C=C\CO. The summed E-state index contributed by atoms with van der Waals surface area (Å²) in [7, 11) is 1.67. The maximum Gasteiger partial charge on any atom is 0.0784 e. The largest absolute Gasteiger partial charge is 0.505 e. The first-order valence-electron chi connectivity index (χ1n) is 5.35. The summed E-state index contributed by atoms with van der Waals surface area (Å²) >= 11 is 0. The van der Waals surface area contributed by atoms with Crippen molar-refractivity contribution in [2.75, 3.05) is 13.7 Å². The molecule has 14 heavy (non-hydrogen) atoms. The Kier molecular flexibility index (Phi) is 11.6. The van der Waals surface area contributed by atoms with Crippen LogP contribution in [0, 0.1) is 0 Å². The van der Waals surface area contributed by atoms with Gasteiger partial charge in [0.05, 0.1) is 20.0 Å². The highest BCUT2D eigenvalue weighted by Crippen LogP contribution is 2.06. The van der Waals surface area contributed by atoms with E-state index in [0.29, 0.717) is 0 Å². The van der Waals surface area contributed by atoms with E-state index in [2.05, 4.69) is 6.08 Å². The number of rotatable bonds is 9. The molecule has 0 aliphatic carbocycles. The second-order valence-corrected chi connectivity index (χ2v) is 3.25. The third-order valence-electron chi connectivity index (χ3n) is 2.00. The van der Waals surface area contributed by atoms with Crippen molar-refractivity contribution in [2.45, 2.75) is 38.5 Å². The maximum atomic E-state index is 8.48. The first-order valence-corrected chi connectivity index (χ1v) is 5.35. The molecule has 2 nitrogen and oxygen atoms in total. The van der Waals surface area contributed by atoms with Gasteiger partial charge in [-0.25, -0.2) is 0 Å². The van der Waals surface area contributed by atoms with Gasteiger partial charge in [-0.1, -0.05) is 25.0 Å². The second-order valence-electron chi connectivity index (χ2n) is 3.25. The zero-order valence-corrected chi connectivity index (χ0v) is 9.11. The highest BCUT2D eigenvalue weighted by atomic mass is 16.5. The lowest BCUT2D eigenvalue weighted by atomic mass is 10.1. The van der Waals surface area contributed by atoms with Crippen molar-refractivity contribution >= 4 is 0 Å². The van der Waals surface area contributed by atoms with Crippen molar-refractivity contribution in [3.05, 3.63) is 24.5 Å². The Labute approximate surface area is 87.3 Å². The predicted octanol–water partition coefficient (Wildman–Crippen LogP) is 3.04. The standard InChI is InChI=1S/C12H22O2/c1-14-12-10-8-6-4-2-3-5-7-9-11-13/h7,9-10,12-13H,2-6,8,11H2,1H3/b9-7-,12-10+. The van der Waals surface area contributed by atoms with E-state index in [1.54, 1.807) is 19.4 Å². The molecule has 0 atom stereocenters. The molecule has 0 amide bonds. The summed E-state index contributed by atoms with van der Waals surface area (Å²) in [5.74, 6) is 0. The van der Waals surface area contributed by atoms with Crippen LogP contribution in [0.1, 0.15) is 38.5 Å². The molecule has 0 heterocycles. The van der Waals surface area contributed by atoms with E-state index in [4.69, 9.17) is 9.84 Å². The van der Waals surface area contributed by atoms with Gasteiger partial charge in [-0.15, -0.1) is 0 Å². The molecule has 0 spiro atoms. The minimum absolute atomic E-state index is 0.168. The number of ether oxygens (including phenoxy) is 1. The van der Waals surface area contributed by atoms with E-state index < -0.39 is 0 Å². The summed E-state index contributed by atoms with van der Waals surface area (Å²) in [6.07, 6.45) is 14.9. The van der Waals surface area contributed by atoms with Gasteiger partial charge in [-0.2, -0.15) is 0 Å².